The molecule has 0 unspecified atom stereocenters. The van der Waals surface area contributed by atoms with Crippen molar-refractivity contribution in [3.8, 4) is 0 Å². The summed E-state index contributed by atoms with van der Waals surface area (Å²) < 4.78 is 17.3. The average molecular weight is 384 g/mol. The van der Waals surface area contributed by atoms with E-state index < -0.39 is 5.67 Å². The van der Waals surface area contributed by atoms with Crippen LogP contribution in [-0.4, -0.2) is 54.8 Å². The number of halogens is 1. The molecular formula is C19H25FN8. The average Bonchev–Trinajstić information content (AvgIpc) is 3.10. The number of fused-ring (bicyclic) bond motifs is 1. The van der Waals surface area contributed by atoms with E-state index in [1.807, 2.05) is 24.5 Å². The molecule has 0 aromatic carbocycles. The lowest BCUT2D eigenvalue weighted by Crippen LogP contribution is -2.46. The van der Waals surface area contributed by atoms with Crippen molar-refractivity contribution in [3.05, 3.63) is 30.2 Å². The molecule has 9 heteroatoms. The van der Waals surface area contributed by atoms with E-state index in [1.165, 1.54) is 0 Å². The summed E-state index contributed by atoms with van der Waals surface area (Å²) in [7, 11) is 0. The maximum absolute atomic E-state index is 15.3. The molecule has 4 heterocycles. The van der Waals surface area contributed by atoms with Gasteiger partial charge in [-0.1, -0.05) is 0 Å². The maximum atomic E-state index is 15.3. The number of hydrogen-bond donors (Lipinski definition) is 1. The second kappa shape index (κ2) is 7.29. The molecule has 3 aromatic heterocycles. The molecule has 0 radical (unpaired) electrons. The molecule has 0 saturated carbocycles. The Kier molecular flexibility index (Phi) is 4.82. The van der Waals surface area contributed by atoms with Crippen LogP contribution in [0.25, 0.3) is 11.2 Å². The van der Waals surface area contributed by atoms with Gasteiger partial charge in [0.05, 0.1) is 12.9 Å². The first-order valence-corrected chi connectivity index (χ1v) is 9.63. The minimum atomic E-state index is -1.28. The van der Waals surface area contributed by atoms with E-state index >= 15 is 4.39 Å². The number of aryl methyl sites for hydroxylation is 3. The lowest BCUT2D eigenvalue weighted by Gasteiger charge is -2.37. The highest BCUT2D eigenvalue weighted by molar-refractivity contribution is 5.83. The van der Waals surface area contributed by atoms with Crippen LogP contribution in [0.15, 0.2) is 18.7 Å². The van der Waals surface area contributed by atoms with Crippen LogP contribution in [0.4, 0.5) is 16.0 Å². The third-order valence-electron chi connectivity index (χ3n) is 5.23. The summed E-state index contributed by atoms with van der Waals surface area (Å²) >= 11 is 0. The fraction of sp³-hybridized carbons (Fsp3) is 0.526. The van der Waals surface area contributed by atoms with E-state index in [4.69, 9.17) is 0 Å². The van der Waals surface area contributed by atoms with Crippen LogP contribution < -0.4 is 10.2 Å². The van der Waals surface area contributed by atoms with Gasteiger partial charge in [-0.3, -0.25) is 0 Å². The van der Waals surface area contributed by atoms with Crippen molar-refractivity contribution in [1.29, 1.82) is 0 Å². The first-order valence-electron chi connectivity index (χ1n) is 9.63. The SMILES string of the molecule is CCn1cnc2c(N3CCC(F)(CNc4cc(C)nc(C)n4)CC3)ncnc21. The zero-order chi connectivity index (χ0) is 19.7. The predicted octanol–water partition coefficient (Wildman–Crippen LogP) is 2.67. The molecule has 28 heavy (non-hydrogen) atoms. The monoisotopic (exact) mass is 384 g/mol. The summed E-state index contributed by atoms with van der Waals surface area (Å²) in [5.74, 6) is 2.14. The number of rotatable bonds is 5. The van der Waals surface area contributed by atoms with Gasteiger partial charge in [-0.25, -0.2) is 29.3 Å². The van der Waals surface area contributed by atoms with Gasteiger partial charge in [0.1, 0.15) is 23.6 Å². The summed E-state index contributed by atoms with van der Waals surface area (Å²) in [6.07, 6.45) is 4.18. The largest absolute Gasteiger partial charge is 0.367 e. The van der Waals surface area contributed by atoms with Gasteiger partial charge in [-0.15, -0.1) is 0 Å². The Labute approximate surface area is 163 Å². The maximum Gasteiger partial charge on any atom is 0.165 e. The van der Waals surface area contributed by atoms with Crippen molar-refractivity contribution in [1.82, 2.24) is 29.5 Å². The Bertz CT molecular complexity index is 957. The van der Waals surface area contributed by atoms with E-state index in [0.717, 1.165) is 29.2 Å². The lowest BCUT2D eigenvalue weighted by atomic mass is 9.93. The van der Waals surface area contributed by atoms with Crippen molar-refractivity contribution >= 4 is 22.8 Å². The van der Waals surface area contributed by atoms with E-state index in [2.05, 4.69) is 42.1 Å². The third kappa shape index (κ3) is 3.61. The number of imidazole rings is 1. The molecule has 1 saturated heterocycles. The predicted molar refractivity (Wildman–Crippen MR) is 106 cm³/mol. The molecule has 1 aliphatic heterocycles. The minimum absolute atomic E-state index is 0.236. The Balaban J connectivity index is 1.43. The molecule has 4 rings (SSSR count). The van der Waals surface area contributed by atoms with Gasteiger partial charge in [-0.2, -0.15) is 0 Å². The van der Waals surface area contributed by atoms with Crippen molar-refractivity contribution in [2.45, 2.75) is 45.8 Å². The van der Waals surface area contributed by atoms with Gasteiger partial charge in [0.15, 0.2) is 17.0 Å². The van der Waals surface area contributed by atoms with Crippen LogP contribution in [0, 0.1) is 13.8 Å². The van der Waals surface area contributed by atoms with Crippen LogP contribution in [0.3, 0.4) is 0 Å². The molecule has 8 nitrogen and oxygen atoms in total. The standard InChI is InChI=1S/C19H25FN8/c1-4-27-12-24-16-17(27)22-11-23-18(16)28-7-5-19(20,6-8-28)10-21-15-9-13(2)25-14(3)26-15/h9,11-12H,4-8,10H2,1-3H3,(H,21,25,26). The van der Waals surface area contributed by atoms with Crippen LogP contribution in [0.2, 0.25) is 0 Å². The lowest BCUT2D eigenvalue weighted by molar-refractivity contribution is 0.140. The molecule has 0 spiro atoms. The van der Waals surface area contributed by atoms with Crippen LogP contribution in [0.5, 0.6) is 0 Å². The Morgan fingerprint density at radius 1 is 1.14 bits per heavy atom. The number of nitrogens with one attached hydrogen (secondary N) is 1. The first-order chi connectivity index (χ1) is 13.5. The zero-order valence-corrected chi connectivity index (χ0v) is 16.5. The molecule has 1 fully saturated rings. The number of hydrogen-bond acceptors (Lipinski definition) is 7. The number of nitrogens with zero attached hydrogens (tertiary/aromatic N) is 7. The van der Waals surface area contributed by atoms with Crippen molar-refractivity contribution < 1.29 is 4.39 Å². The quantitative estimate of drug-likeness (QED) is 0.724. The highest BCUT2D eigenvalue weighted by atomic mass is 19.1. The van der Waals surface area contributed by atoms with Crippen LogP contribution in [0.1, 0.15) is 31.3 Å². The summed E-state index contributed by atoms with van der Waals surface area (Å²) in [6.45, 7) is 8.01. The second-order valence-corrected chi connectivity index (χ2v) is 7.33. The summed E-state index contributed by atoms with van der Waals surface area (Å²) in [5, 5.41) is 3.15. The molecule has 1 aliphatic rings. The first kappa shape index (κ1) is 18.5. The van der Waals surface area contributed by atoms with E-state index in [9.17, 15) is 0 Å². The molecule has 0 atom stereocenters. The van der Waals surface area contributed by atoms with Gasteiger partial charge in [0.2, 0.25) is 0 Å². The molecule has 0 aliphatic carbocycles. The van der Waals surface area contributed by atoms with E-state index in [1.54, 1.807) is 12.7 Å². The van der Waals surface area contributed by atoms with Crippen molar-refractivity contribution in [3.63, 3.8) is 0 Å². The normalized spacial score (nSPS) is 16.5. The van der Waals surface area contributed by atoms with E-state index in [-0.39, 0.29) is 6.54 Å². The molecule has 148 valence electrons. The van der Waals surface area contributed by atoms with Crippen molar-refractivity contribution in [2.75, 3.05) is 29.9 Å². The van der Waals surface area contributed by atoms with Crippen LogP contribution in [-0.2, 0) is 6.54 Å². The van der Waals surface area contributed by atoms with Gasteiger partial charge in [0, 0.05) is 44.2 Å². The Morgan fingerprint density at radius 3 is 2.64 bits per heavy atom. The molecule has 3 aromatic rings. The number of aromatic nitrogens is 6. The topological polar surface area (TPSA) is 84.7 Å². The highest BCUT2D eigenvalue weighted by Gasteiger charge is 2.35. The third-order valence-corrected chi connectivity index (χ3v) is 5.23. The van der Waals surface area contributed by atoms with E-state index in [0.29, 0.717) is 37.6 Å². The summed E-state index contributed by atoms with van der Waals surface area (Å²) in [5.41, 5.74) is 1.19. The Hall–Kier alpha value is -2.84. The van der Waals surface area contributed by atoms with Gasteiger partial charge in [-0.05, 0) is 20.8 Å². The van der Waals surface area contributed by atoms with Crippen molar-refractivity contribution in [2.24, 2.45) is 0 Å². The number of piperidine rings is 1. The molecule has 0 amide bonds. The molecule has 1 N–H and O–H groups in total. The number of alkyl halides is 1. The highest BCUT2D eigenvalue weighted by Crippen LogP contribution is 2.31. The Morgan fingerprint density at radius 2 is 1.93 bits per heavy atom. The smallest absolute Gasteiger partial charge is 0.165 e. The molecular weight excluding hydrogens is 359 g/mol. The fourth-order valence-electron chi connectivity index (χ4n) is 3.68. The number of anilines is 2. The van der Waals surface area contributed by atoms with Gasteiger partial charge in [0.25, 0.3) is 0 Å². The van der Waals surface area contributed by atoms with Gasteiger partial charge < -0.3 is 14.8 Å². The summed E-state index contributed by atoms with van der Waals surface area (Å²) in [4.78, 5) is 23.9. The minimum Gasteiger partial charge on any atom is -0.367 e. The zero-order valence-electron chi connectivity index (χ0n) is 16.5. The second-order valence-electron chi connectivity index (χ2n) is 7.33. The van der Waals surface area contributed by atoms with Gasteiger partial charge >= 0.3 is 0 Å². The molecule has 0 bridgehead atoms. The van der Waals surface area contributed by atoms with Crippen LogP contribution >= 0.6 is 0 Å². The fourth-order valence-corrected chi connectivity index (χ4v) is 3.68. The summed E-state index contributed by atoms with van der Waals surface area (Å²) in [6, 6.07) is 1.84.